The first-order valence-electron chi connectivity index (χ1n) is 5.72. The molecule has 1 aromatic heterocycles. The molecule has 0 spiro atoms. The van der Waals surface area contributed by atoms with E-state index < -0.39 is 5.82 Å². The van der Waals surface area contributed by atoms with Crippen molar-refractivity contribution < 1.29 is 9.60 Å². The molecule has 0 aliphatic rings. The number of aromatic nitrogens is 1. The molecule has 1 heterocycles. The first-order chi connectivity index (χ1) is 9.61. The Morgan fingerprint density at radius 1 is 1.45 bits per heavy atom. The van der Waals surface area contributed by atoms with Crippen LogP contribution in [0.4, 0.5) is 10.1 Å². The summed E-state index contributed by atoms with van der Waals surface area (Å²) in [6.45, 7) is 0.352. The van der Waals surface area contributed by atoms with E-state index in [-0.39, 0.29) is 10.9 Å². The molecule has 2 rings (SSSR count). The number of benzene rings is 1. The van der Waals surface area contributed by atoms with E-state index in [4.69, 9.17) is 22.5 Å². The van der Waals surface area contributed by atoms with Gasteiger partial charge in [0.05, 0.1) is 10.7 Å². The van der Waals surface area contributed by atoms with Crippen LogP contribution < -0.4 is 11.1 Å². The predicted octanol–water partition coefficient (Wildman–Crippen LogP) is 2.58. The van der Waals surface area contributed by atoms with Gasteiger partial charge >= 0.3 is 0 Å². The molecule has 0 amide bonds. The maximum Gasteiger partial charge on any atom is 0.189 e. The van der Waals surface area contributed by atoms with Crippen molar-refractivity contribution in [1.29, 1.82) is 0 Å². The minimum absolute atomic E-state index is 0.0763. The third-order valence-electron chi connectivity index (χ3n) is 2.64. The molecular weight excluding hydrogens is 283 g/mol. The maximum atomic E-state index is 12.9. The van der Waals surface area contributed by atoms with Crippen molar-refractivity contribution in [3.05, 3.63) is 58.6 Å². The molecule has 0 atom stereocenters. The molecule has 7 heteroatoms. The fraction of sp³-hybridized carbons (Fsp3) is 0.0769. The van der Waals surface area contributed by atoms with Gasteiger partial charge in [-0.3, -0.25) is 4.98 Å². The van der Waals surface area contributed by atoms with Gasteiger partial charge in [0.25, 0.3) is 0 Å². The summed E-state index contributed by atoms with van der Waals surface area (Å²) in [6.07, 6.45) is 1.54. The second-order valence-electron chi connectivity index (χ2n) is 3.97. The van der Waals surface area contributed by atoms with E-state index in [1.807, 2.05) is 0 Å². The first kappa shape index (κ1) is 14.1. The van der Waals surface area contributed by atoms with Gasteiger partial charge in [0.15, 0.2) is 5.84 Å². The van der Waals surface area contributed by atoms with Crippen LogP contribution in [0.25, 0.3) is 0 Å². The van der Waals surface area contributed by atoms with Gasteiger partial charge < -0.3 is 16.3 Å². The fourth-order valence-electron chi connectivity index (χ4n) is 1.68. The van der Waals surface area contributed by atoms with Crippen molar-refractivity contribution in [3.8, 4) is 0 Å². The zero-order chi connectivity index (χ0) is 14.5. The van der Waals surface area contributed by atoms with E-state index in [2.05, 4.69) is 15.5 Å². The zero-order valence-corrected chi connectivity index (χ0v) is 11.1. The summed E-state index contributed by atoms with van der Waals surface area (Å²) in [5.41, 5.74) is 7.23. The lowest BCUT2D eigenvalue weighted by Crippen LogP contribution is -2.18. The van der Waals surface area contributed by atoms with Crippen molar-refractivity contribution in [3.63, 3.8) is 0 Å². The highest BCUT2D eigenvalue weighted by Crippen LogP contribution is 2.23. The fourth-order valence-corrected chi connectivity index (χ4v) is 1.92. The van der Waals surface area contributed by atoms with Crippen LogP contribution in [-0.2, 0) is 6.54 Å². The van der Waals surface area contributed by atoms with Crippen LogP contribution >= 0.6 is 11.6 Å². The van der Waals surface area contributed by atoms with Gasteiger partial charge in [-0.25, -0.2) is 4.39 Å². The van der Waals surface area contributed by atoms with Crippen LogP contribution in [0.15, 0.2) is 41.7 Å². The number of nitrogens with one attached hydrogen (secondary N) is 1. The van der Waals surface area contributed by atoms with Crippen LogP contribution in [-0.4, -0.2) is 16.0 Å². The molecule has 1 aromatic carbocycles. The summed E-state index contributed by atoms with van der Waals surface area (Å²) < 4.78 is 12.9. The lowest BCUT2D eigenvalue weighted by molar-refractivity contribution is 0.318. The average molecular weight is 295 g/mol. The van der Waals surface area contributed by atoms with E-state index in [0.29, 0.717) is 17.9 Å². The number of halogens is 2. The summed E-state index contributed by atoms with van der Waals surface area (Å²) in [5.74, 6) is -0.480. The van der Waals surface area contributed by atoms with E-state index in [9.17, 15) is 4.39 Å². The largest absolute Gasteiger partial charge is 0.409 e. The number of anilines is 1. The lowest BCUT2D eigenvalue weighted by atomic mass is 10.1. The van der Waals surface area contributed by atoms with E-state index >= 15 is 0 Å². The molecule has 0 aliphatic carbocycles. The lowest BCUT2D eigenvalue weighted by Gasteiger charge is -2.11. The normalized spacial score (nSPS) is 11.4. The Kier molecular flexibility index (Phi) is 4.37. The van der Waals surface area contributed by atoms with Crippen LogP contribution in [0.1, 0.15) is 11.3 Å². The molecule has 0 radical (unpaired) electrons. The van der Waals surface area contributed by atoms with Gasteiger partial charge in [0.1, 0.15) is 11.5 Å². The van der Waals surface area contributed by atoms with Crippen molar-refractivity contribution in [2.24, 2.45) is 10.9 Å². The number of amidine groups is 1. The molecule has 4 N–H and O–H groups in total. The Hall–Kier alpha value is -2.34. The third kappa shape index (κ3) is 3.16. The van der Waals surface area contributed by atoms with Crippen LogP contribution in [0, 0.1) is 5.82 Å². The molecule has 0 saturated carbocycles. The maximum absolute atomic E-state index is 12.9. The number of hydrogen-bond acceptors (Lipinski definition) is 4. The van der Waals surface area contributed by atoms with Crippen molar-refractivity contribution in [2.75, 3.05) is 5.32 Å². The molecular formula is C13H12ClFN4O. The number of oxime groups is 1. The van der Waals surface area contributed by atoms with Crippen molar-refractivity contribution >= 4 is 23.1 Å². The monoisotopic (exact) mass is 294 g/mol. The third-order valence-corrected chi connectivity index (χ3v) is 2.95. The van der Waals surface area contributed by atoms with E-state index in [1.54, 1.807) is 18.3 Å². The van der Waals surface area contributed by atoms with Gasteiger partial charge in [-0.2, -0.15) is 0 Å². The Morgan fingerprint density at radius 3 is 2.95 bits per heavy atom. The number of nitrogens with two attached hydrogens (primary N) is 1. The van der Waals surface area contributed by atoms with Gasteiger partial charge in [-0.1, -0.05) is 22.8 Å². The van der Waals surface area contributed by atoms with Crippen molar-refractivity contribution in [2.45, 2.75) is 6.54 Å². The highest BCUT2D eigenvalue weighted by atomic mass is 35.5. The van der Waals surface area contributed by atoms with Gasteiger partial charge in [-0.15, -0.1) is 0 Å². The van der Waals surface area contributed by atoms with Crippen molar-refractivity contribution in [1.82, 2.24) is 4.98 Å². The quantitative estimate of drug-likeness (QED) is 0.350. The van der Waals surface area contributed by atoms with Gasteiger partial charge in [0, 0.05) is 18.3 Å². The summed E-state index contributed by atoms with van der Waals surface area (Å²) in [5, 5.41) is 15.0. The Morgan fingerprint density at radius 2 is 2.25 bits per heavy atom. The SMILES string of the molecule is NC(=NO)c1ncccc1CNc1ccc(F)cc1Cl. The summed E-state index contributed by atoms with van der Waals surface area (Å²) in [4.78, 5) is 4.05. The van der Waals surface area contributed by atoms with E-state index in [0.717, 1.165) is 5.56 Å². The highest BCUT2D eigenvalue weighted by Gasteiger charge is 2.09. The Bertz CT molecular complexity index is 648. The van der Waals surface area contributed by atoms with Gasteiger partial charge in [-0.05, 0) is 24.3 Å². The number of pyridine rings is 1. The molecule has 5 nitrogen and oxygen atoms in total. The van der Waals surface area contributed by atoms with Crippen LogP contribution in [0.3, 0.4) is 0 Å². The zero-order valence-electron chi connectivity index (χ0n) is 10.3. The molecule has 20 heavy (non-hydrogen) atoms. The summed E-state index contributed by atoms with van der Waals surface area (Å²) in [6, 6.07) is 7.58. The minimum atomic E-state index is -0.403. The molecule has 0 saturated heterocycles. The second-order valence-corrected chi connectivity index (χ2v) is 4.38. The van der Waals surface area contributed by atoms with Crippen LogP contribution in [0.2, 0.25) is 5.02 Å². The molecule has 2 aromatic rings. The molecule has 104 valence electrons. The van der Waals surface area contributed by atoms with Crippen LogP contribution in [0.5, 0.6) is 0 Å². The molecule has 0 unspecified atom stereocenters. The second kappa shape index (κ2) is 6.21. The molecule has 0 bridgehead atoms. The topological polar surface area (TPSA) is 83.5 Å². The Balaban J connectivity index is 2.19. The summed E-state index contributed by atoms with van der Waals surface area (Å²) in [7, 11) is 0. The predicted molar refractivity (Wildman–Crippen MR) is 75.5 cm³/mol. The standard InChI is InChI=1S/C13H12ClFN4O/c14-10-6-9(15)3-4-11(10)18-7-8-2-1-5-17-12(8)13(16)19-20/h1-6,18,20H,7H2,(H2,16,19). The summed E-state index contributed by atoms with van der Waals surface area (Å²) >= 11 is 5.92. The number of nitrogens with zero attached hydrogens (tertiary/aromatic N) is 2. The highest BCUT2D eigenvalue weighted by molar-refractivity contribution is 6.33. The Labute approximate surface area is 119 Å². The number of rotatable bonds is 4. The number of hydrogen-bond donors (Lipinski definition) is 3. The first-order valence-corrected chi connectivity index (χ1v) is 6.10. The van der Waals surface area contributed by atoms with Gasteiger partial charge in [0.2, 0.25) is 0 Å². The minimum Gasteiger partial charge on any atom is -0.409 e. The molecule has 0 aliphatic heterocycles. The molecule has 0 fully saturated rings. The average Bonchev–Trinajstić information content (AvgIpc) is 2.46. The van der Waals surface area contributed by atoms with E-state index in [1.165, 1.54) is 18.2 Å². The smallest absolute Gasteiger partial charge is 0.189 e.